The molecule has 2 aromatic rings. The van der Waals surface area contributed by atoms with E-state index >= 15 is 0 Å². The summed E-state index contributed by atoms with van der Waals surface area (Å²) in [5.74, 6) is 0. The summed E-state index contributed by atoms with van der Waals surface area (Å²) in [6, 6.07) is 11.9. The smallest absolute Gasteiger partial charge is 0.0439 e. The Kier molecular flexibility index (Phi) is 5.94. The number of nitrogens with one attached hydrogen (secondary N) is 1. The second-order valence-electron chi connectivity index (χ2n) is 4.45. The van der Waals surface area contributed by atoms with Crippen LogP contribution in [0.3, 0.4) is 0 Å². The van der Waals surface area contributed by atoms with Crippen LogP contribution in [-0.4, -0.2) is 7.05 Å². The lowest BCUT2D eigenvalue weighted by Gasteiger charge is -2.19. The van der Waals surface area contributed by atoms with E-state index < -0.39 is 0 Å². The first kappa shape index (κ1) is 16.3. The zero-order chi connectivity index (χ0) is 14.7. The molecule has 0 fully saturated rings. The zero-order valence-corrected chi connectivity index (χ0v) is 15.4. The summed E-state index contributed by atoms with van der Waals surface area (Å²) in [5, 5.41) is 4.77. The number of benzene rings is 2. The molecule has 0 aliphatic heterocycles. The van der Waals surface area contributed by atoms with Crippen LogP contribution in [0.15, 0.2) is 45.3 Å². The summed E-state index contributed by atoms with van der Waals surface area (Å²) in [6.07, 6.45) is 0.774. The highest BCUT2D eigenvalue weighted by molar-refractivity contribution is 9.11. The molecule has 2 aromatic carbocycles. The van der Waals surface area contributed by atoms with Crippen molar-refractivity contribution in [1.82, 2.24) is 5.32 Å². The monoisotopic (exact) mass is 435 g/mol. The van der Waals surface area contributed by atoms with E-state index in [2.05, 4.69) is 43.2 Å². The van der Waals surface area contributed by atoms with Gasteiger partial charge >= 0.3 is 0 Å². The topological polar surface area (TPSA) is 12.0 Å². The molecule has 1 unspecified atom stereocenters. The van der Waals surface area contributed by atoms with Crippen molar-refractivity contribution in [3.63, 3.8) is 0 Å². The minimum atomic E-state index is 0.161. The third-order valence-corrected chi connectivity index (χ3v) is 4.90. The van der Waals surface area contributed by atoms with E-state index in [0.717, 1.165) is 26.0 Å². The van der Waals surface area contributed by atoms with Crippen molar-refractivity contribution in [2.45, 2.75) is 12.5 Å². The minimum absolute atomic E-state index is 0.161. The Morgan fingerprint density at radius 2 is 1.85 bits per heavy atom. The lowest BCUT2D eigenvalue weighted by atomic mass is 9.99. The first-order valence-corrected chi connectivity index (χ1v) is 8.41. The third-order valence-electron chi connectivity index (χ3n) is 3.12. The first-order valence-electron chi connectivity index (χ1n) is 6.07. The lowest BCUT2D eigenvalue weighted by molar-refractivity contribution is 0.590. The van der Waals surface area contributed by atoms with Crippen LogP contribution in [0.25, 0.3) is 0 Å². The average Bonchev–Trinajstić information content (AvgIpc) is 2.40. The Hall–Kier alpha value is -0.0600. The van der Waals surface area contributed by atoms with Gasteiger partial charge in [0.15, 0.2) is 0 Å². The van der Waals surface area contributed by atoms with Crippen LogP contribution in [0.5, 0.6) is 0 Å². The fraction of sp³-hybridized carbons (Fsp3) is 0.200. The van der Waals surface area contributed by atoms with Gasteiger partial charge in [-0.05, 0) is 54.9 Å². The summed E-state index contributed by atoms with van der Waals surface area (Å²) < 4.78 is 2.10. The molecule has 0 bridgehead atoms. The van der Waals surface area contributed by atoms with Gasteiger partial charge in [0.1, 0.15) is 0 Å². The molecule has 0 saturated carbocycles. The van der Waals surface area contributed by atoms with Crippen molar-refractivity contribution < 1.29 is 0 Å². The van der Waals surface area contributed by atoms with Crippen molar-refractivity contribution in [3.05, 3.63) is 66.5 Å². The number of likely N-dealkylation sites (N-methyl/N-ethyl adjacent to an activating group) is 1. The molecule has 106 valence electrons. The van der Waals surface area contributed by atoms with Gasteiger partial charge in [-0.25, -0.2) is 0 Å². The summed E-state index contributed by atoms with van der Waals surface area (Å²) >= 11 is 19.4. The third kappa shape index (κ3) is 3.99. The van der Waals surface area contributed by atoms with Gasteiger partial charge in [-0.3, -0.25) is 0 Å². The van der Waals surface area contributed by atoms with Gasteiger partial charge in [0.25, 0.3) is 0 Å². The molecule has 1 nitrogen and oxygen atoms in total. The number of hydrogen-bond donors (Lipinski definition) is 1. The Balaban J connectivity index is 2.31. The predicted octanol–water partition coefficient (Wildman–Crippen LogP) is 6.02. The molecule has 0 spiro atoms. The molecule has 0 aromatic heterocycles. The van der Waals surface area contributed by atoms with Crippen molar-refractivity contribution in [3.8, 4) is 0 Å². The van der Waals surface area contributed by atoms with Crippen LogP contribution in [-0.2, 0) is 6.42 Å². The quantitative estimate of drug-likeness (QED) is 0.616. The predicted molar refractivity (Wildman–Crippen MR) is 93.8 cm³/mol. The van der Waals surface area contributed by atoms with E-state index in [-0.39, 0.29) is 6.04 Å². The van der Waals surface area contributed by atoms with Gasteiger partial charge in [0.05, 0.1) is 0 Å². The van der Waals surface area contributed by atoms with E-state index in [1.54, 1.807) is 6.07 Å². The maximum Gasteiger partial charge on any atom is 0.0439 e. The molecule has 0 aliphatic carbocycles. The van der Waals surface area contributed by atoms with Gasteiger partial charge in [-0.2, -0.15) is 0 Å². The van der Waals surface area contributed by atoms with Crippen LogP contribution in [0.1, 0.15) is 17.2 Å². The highest BCUT2D eigenvalue weighted by Gasteiger charge is 2.15. The van der Waals surface area contributed by atoms with Crippen LogP contribution in [0.4, 0.5) is 0 Å². The summed E-state index contributed by atoms with van der Waals surface area (Å²) in [7, 11) is 1.94. The molecule has 1 N–H and O–H groups in total. The highest BCUT2D eigenvalue weighted by Crippen LogP contribution is 2.31. The van der Waals surface area contributed by atoms with E-state index in [1.807, 2.05) is 31.3 Å². The van der Waals surface area contributed by atoms with E-state index in [0.29, 0.717) is 5.02 Å². The van der Waals surface area contributed by atoms with Gasteiger partial charge < -0.3 is 5.32 Å². The van der Waals surface area contributed by atoms with Crippen molar-refractivity contribution in [2.75, 3.05) is 7.05 Å². The van der Waals surface area contributed by atoms with Crippen molar-refractivity contribution in [2.24, 2.45) is 0 Å². The largest absolute Gasteiger partial charge is 0.313 e. The average molecular weight is 438 g/mol. The highest BCUT2D eigenvalue weighted by atomic mass is 79.9. The molecule has 20 heavy (non-hydrogen) atoms. The fourth-order valence-corrected chi connectivity index (χ4v) is 3.78. The van der Waals surface area contributed by atoms with Gasteiger partial charge in [-0.15, -0.1) is 0 Å². The molecular weight excluding hydrogens is 425 g/mol. The van der Waals surface area contributed by atoms with Crippen molar-refractivity contribution in [1.29, 1.82) is 0 Å². The van der Waals surface area contributed by atoms with Gasteiger partial charge in [0.2, 0.25) is 0 Å². The fourth-order valence-electron chi connectivity index (χ4n) is 2.07. The van der Waals surface area contributed by atoms with Gasteiger partial charge in [0, 0.05) is 25.0 Å². The lowest BCUT2D eigenvalue weighted by Crippen LogP contribution is -2.19. The molecule has 0 saturated heterocycles. The Bertz CT molecular complexity index is 617. The minimum Gasteiger partial charge on any atom is -0.313 e. The number of halogens is 4. The molecule has 0 aliphatic rings. The standard InChI is InChI=1S/C15H13Br2Cl2N/c1-20-15(12-4-2-10(16)8-13(12)17)7-9-6-11(18)3-5-14(9)19/h2-6,8,15,20H,7H2,1H3. The maximum absolute atomic E-state index is 6.24. The molecule has 0 amide bonds. The summed E-state index contributed by atoms with van der Waals surface area (Å²) in [6.45, 7) is 0. The van der Waals surface area contributed by atoms with Crippen molar-refractivity contribution >= 4 is 55.1 Å². The molecule has 0 heterocycles. The van der Waals surface area contributed by atoms with Crippen LogP contribution in [0, 0.1) is 0 Å². The normalized spacial score (nSPS) is 12.4. The number of hydrogen-bond acceptors (Lipinski definition) is 1. The molecule has 1 atom stereocenters. The molecule has 0 radical (unpaired) electrons. The van der Waals surface area contributed by atoms with E-state index in [1.165, 1.54) is 5.56 Å². The Morgan fingerprint density at radius 1 is 1.10 bits per heavy atom. The Morgan fingerprint density at radius 3 is 2.50 bits per heavy atom. The summed E-state index contributed by atoms with van der Waals surface area (Å²) in [5.41, 5.74) is 2.22. The SMILES string of the molecule is CNC(Cc1cc(Cl)ccc1Cl)c1ccc(Br)cc1Br. The second-order valence-corrected chi connectivity index (χ2v) is 7.06. The molecule has 2 rings (SSSR count). The summed E-state index contributed by atoms with van der Waals surface area (Å²) in [4.78, 5) is 0. The maximum atomic E-state index is 6.24. The number of rotatable bonds is 4. The van der Waals surface area contributed by atoms with Crippen LogP contribution >= 0.6 is 55.1 Å². The molecule has 5 heteroatoms. The second kappa shape index (κ2) is 7.28. The van der Waals surface area contributed by atoms with E-state index in [4.69, 9.17) is 23.2 Å². The first-order chi connectivity index (χ1) is 9.51. The van der Waals surface area contributed by atoms with Crippen LogP contribution in [0.2, 0.25) is 10.0 Å². The zero-order valence-electron chi connectivity index (χ0n) is 10.8. The Labute approximate surface area is 145 Å². The van der Waals surface area contributed by atoms with E-state index in [9.17, 15) is 0 Å². The molecular formula is C15H13Br2Cl2N. The van der Waals surface area contributed by atoms with Crippen LogP contribution < -0.4 is 5.32 Å². The van der Waals surface area contributed by atoms with Gasteiger partial charge in [-0.1, -0.05) is 61.1 Å².